The first kappa shape index (κ1) is 14.0. The Balaban J connectivity index is 1.86. The number of ether oxygens (including phenoxy) is 1. The van der Waals surface area contributed by atoms with Gasteiger partial charge in [-0.1, -0.05) is 30.3 Å². The van der Waals surface area contributed by atoms with Crippen molar-refractivity contribution < 1.29 is 9.15 Å². The van der Waals surface area contributed by atoms with Gasteiger partial charge >= 0.3 is 0 Å². The Morgan fingerprint density at radius 1 is 1.24 bits per heavy atom. The van der Waals surface area contributed by atoms with Gasteiger partial charge in [0.1, 0.15) is 0 Å². The zero-order chi connectivity index (χ0) is 14.7. The SMILES string of the molecule is COCCc1sc(-c2ncc(-c3ccccc3)o2)nc1C. The maximum Gasteiger partial charge on any atom is 0.256 e. The lowest BCUT2D eigenvalue weighted by atomic mass is 10.2. The number of nitrogens with zero attached hydrogens (tertiary/aromatic N) is 2. The van der Waals surface area contributed by atoms with Crippen LogP contribution >= 0.6 is 11.3 Å². The minimum absolute atomic E-state index is 0.575. The maximum atomic E-state index is 5.83. The monoisotopic (exact) mass is 300 g/mol. The highest BCUT2D eigenvalue weighted by molar-refractivity contribution is 7.15. The lowest BCUT2D eigenvalue weighted by Crippen LogP contribution is -1.93. The Morgan fingerprint density at radius 2 is 2.05 bits per heavy atom. The van der Waals surface area contributed by atoms with Gasteiger partial charge in [-0.25, -0.2) is 9.97 Å². The summed E-state index contributed by atoms with van der Waals surface area (Å²) in [5, 5.41) is 0.820. The highest BCUT2D eigenvalue weighted by Gasteiger charge is 2.14. The third kappa shape index (κ3) is 3.04. The van der Waals surface area contributed by atoms with Crippen molar-refractivity contribution in [1.82, 2.24) is 9.97 Å². The molecule has 0 atom stereocenters. The molecule has 0 saturated carbocycles. The van der Waals surface area contributed by atoms with E-state index >= 15 is 0 Å². The number of thiazole rings is 1. The number of hydrogen-bond donors (Lipinski definition) is 0. The Hall–Kier alpha value is -1.98. The van der Waals surface area contributed by atoms with Gasteiger partial charge in [0, 0.05) is 24.0 Å². The van der Waals surface area contributed by atoms with Crippen LogP contribution in [0.2, 0.25) is 0 Å². The quantitative estimate of drug-likeness (QED) is 0.715. The fourth-order valence-corrected chi connectivity index (χ4v) is 3.03. The van der Waals surface area contributed by atoms with Crippen molar-refractivity contribution >= 4 is 11.3 Å². The molecule has 2 aromatic heterocycles. The fourth-order valence-electron chi connectivity index (χ4n) is 2.06. The van der Waals surface area contributed by atoms with Crippen molar-refractivity contribution in [2.24, 2.45) is 0 Å². The number of aryl methyl sites for hydroxylation is 1. The Morgan fingerprint density at radius 3 is 2.81 bits per heavy atom. The molecule has 0 amide bonds. The third-order valence-electron chi connectivity index (χ3n) is 3.17. The molecule has 0 radical (unpaired) electrons. The van der Waals surface area contributed by atoms with Crippen molar-refractivity contribution in [3.63, 3.8) is 0 Å². The van der Waals surface area contributed by atoms with Crippen LogP contribution < -0.4 is 0 Å². The van der Waals surface area contributed by atoms with Crippen LogP contribution in [0.15, 0.2) is 40.9 Å². The molecule has 0 aliphatic carbocycles. The first-order chi connectivity index (χ1) is 10.3. The molecule has 0 saturated heterocycles. The molecule has 1 aromatic carbocycles. The van der Waals surface area contributed by atoms with Crippen LogP contribution in [0.5, 0.6) is 0 Å². The maximum absolute atomic E-state index is 5.83. The molecule has 3 aromatic rings. The Kier molecular flexibility index (Phi) is 4.13. The molecule has 0 fully saturated rings. The molecule has 0 spiro atoms. The molecular weight excluding hydrogens is 284 g/mol. The topological polar surface area (TPSA) is 48.2 Å². The molecule has 0 aliphatic rings. The lowest BCUT2D eigenvalue weighted by Gasteiger charge is -1.95. The second-order valence-corrected chi connectivity index (χ2v) is 5.75. The van der Waals surface area contributed by atoms with E-state index < -0.39 is 0 Å². The summed E-state index contributed by atoms with van der Waals surface area (Å²) in [6.07, 6.45) is 2.61. The highest BCUT2D eigenvalue weighted by atomic mass is 32.1. The van der Waals surface area contributed by atoms with E-state index in [1.165, 1.54) is 4.88 Å². The van der Waals surface area contributed by atoms with Gasteiger partial charge in [-0.05, 0) is 6.92 Å². The van der Waals surface area contributed by atoms with Crippen LogP contribution in [-0.4, -0.2) is 23.7 Å². The minimum Gasteiger partial charge on any atom is -0.434 e. The van der Waals surface area contributed by atoms with Crippen molar-refractivity contribution in [1.29, 1.82) is 0 Å². The van der Waals surface area contributed by atoms with Gasteiger partial charge in [0.05, 0.1) is 18.5 Å². The third-order valence-corrected chi connectivity index (χ3v) is 4.38. The van der Waals surface area contributed by atoms with Crippen molar-refractivity contribution in [3.05, 3.63) is 47.1 Å². The van der Waals surface area contributed by atoms with E-state index in [4.69, 9.17) is 9.15 Å². The number of methoxy groups -OCH3 is 1. The van der Waals surface area contributed by atoms with Crippen LogP contribution in [0.1, 0.15) is 10.6 Å². The predicted octanol–water partition coefficient (Wildman–Crippen LogP) is 3.96. The molecule has 0 bridgehead atoms. The zero-order valence-corrected chi connectivity index (χ0v) is 12.8. The van der Waals surface area contributed by atoms with Gasteiger partial charge in [0.2, 0.25) is 0 Å². The van der Waals surface area contributed by atoms with Crippen LogP contribution in [0, 0.1) is 6.92 Å². The molecule has 4 nitrogen and oxygen atoms in total. The van der Waals surface area contributed by atoms with Gasteiger partial charge in [0.15, 0.2) is 10.8 Å². The summed E-state index contributed by atoms with van der Waals surface area (Å²) in [5.74, 6) is 1.34. The summed E-state index contributed by atoms with van der Waals surface area (Å²) in [5.41, 5.74) is 2.04. The lowest BCUT2D eigenvalue weighted by molar-refractivity contribution is 0.203. The summed E-state index contributed by atoms with van der Waals surface area (Å²) < 4.78 is 11.0. The van der Waals surface area contributed by atoms with Gasteiger partial charge < -0.3 is 9.15 Å². The standard InChI is InChI=1S/C16H16N2O2S/c1-11-14(8-9-19-2)21-16(18-11)15-17-10-13(20-15)12-6-4-3-5-7-12/h3-7,10H,8-9H2,1-2H3. The molecule has 0 N–H and O–H groups in total. The van der Waals surface area contributed by atoms with Gasteiger partial charge in [0.25, 0.3) is 5.89 Å². The molecule has 0 aliphatic heterocycles. The van der Waals surface area contributed by atoms with E-state index in [2.05, 4.69) is 9.97 Å². The van der Waals surface area contributed by atoms with Crippen molar-refractivity contribution in [2.45, 2.75) is 13.3 Å². The van der Waals surface area contributed by atoms with Crippen LogP contribution in [0.25, 0.3) is 22.2 Å². The normalized spacial score (nSPS) is 11.0. The van der Waals surface area contributed by atoms with Crippen LogP contribution in [-0.2, 0) is 11.2 Å². The Bertz CT molecular complexity index is 719. The summed E-state index contributed by atoms with van der Waals surface area (Å²) in [6.45, 7) is 2.70. The second kappa shape index (κ2) is 6.20. The van der Waals surface area contributed by atoms with E-state index in [-0.39, 0.29) is 0 Å². The highest BCUT2D eigenvalue weighted by Crippen LogP contribution is 2.30. The molecule has 3 rings (SSSR count). The molecule has 0 unspecified atom stereocenters. The average Bonchev–Trinajstić information content (AvgIpc) is 3.13. The largest absolute Gasteiger partial charge is 0.434 e. The fraction of sp³-hybridized carbons (Fsp3) is 0.250. The van der Waals surface area contributed by atoms with E-state index in [9.17, 15) is 0 Å². The summed E-state index contributed by atoms with van der Waals surface area (Å²) in [7, 11) is 1.71. The number of rotatable bonds is 5. The number of hydrogen-bond acceptors (Lipinski definition) is 5. The van der Waals surface area contributed by atoms with Gasteiger partial charge in [-0.3, -0.25) is 0 Å². The van der Waals surface area contributed by atoms with E-state index in [0.717, 1.165) is 28.4 Å². The molecule has 2 heterocycles. The minimum atomic E-state index is 0.575. The molecule has 108 valence electrons. The molecule has 5 heteroatoms. The zero-order valence-electron chi connectivity index (χ0n) is 12.0. The first-order valence-corrected chi connectivity index (χ1v) is 7.56. The van der Waals surface area contributed by atoms with Gasteiger partial charge in [-0.15, -0.1) is 11.3 Å². The van der Waals surface area contributed by atoms with E-state index in [1.807, 2.05) is 37.3 Å². The summed E-state index contributed by atoms with van der Waals surface area (Å²) in [6, 6.07) is 9.94. The Labute approximate surface area is 127 Å². The molecule has 21 heavy (non-hydrogen) atoms. The van der Waals surface area contributed by atoms with Crippen LogP contribution in [0.4, 0.5) is 0 Å². The molecular formula is C16H16N2O2S. The van der Waals surface area contributed by atoms with E-state index in [0.29, 0.717) is 12.5 Å². The van der Waals surface area contributed by atoms with Crippen molar-refractivity contribution in [3.8, 4) is 22.2 Å². The summed E-state index contributed by atoms with van der Waals surface area (Å²) >= 11 is 1.61. The predicted molar refractivity (Wildman–Crippen MR) is 83.4 cm³/mol. The van der Waals surface area contributed by atoms with Crippen molar-refractivity contribution in [2.75, 3.05) is 13.7 Å². The van der Waals surface area contributed by atoms with Crippen LogP contribution in [0.3, 0.4) is 0 Å². The second-order valence-electron chi connectivity index (χ2n) is 4.67. The van der Waals surface area contributed by atoms with E-state index in [1.54, 1.807) is 24.6 Å². The average molecular weight is 300 g/mol. The smallest absolute Gasteiger partial charge is 0.256 e. The van der Waals surface area contributed by atoms with Gasteiger partial charge in [-0.2, -0.15) is 0 Å². The number of benzene rings is 1. The summed E-state index contributed by atoms with van der Waals surface area (Å²) in [4.78, 5) is 10.1. The number of oxazole rings is 1. The number of aromatic nitrogens is 2. The first-order valence-electron chi connectivity index (χ1n) is 6.75.